The zero-order chi connectivity index (χ0) is 21.0. The lowest BCUT2D eigenvalue weighted by Crippen LogP contribution is -2.46. The van der Waals surface area contributed by atoms with Gasteiger partial charge in [0.1, 0.15) is 11.9 Å². The highest BCUT2D eigenvalue weighted by Gasteiger charge is 2.17. The van der Waals surface area contributed by atoms with E-state index in [0.717, 1.165) is 42.8 Å². The highest BCUT2D eigenvalue weighted by Crippen LogP contribution is 2.23. The Morgan fingerprint density at radius 3 is 2.06 bits per heavy atom. The molecular formula is C26H23N5. The van der Waals surface area contributed by atoms with Gasteiger partial charge in [-0.05, 0) is 48.0 Å². The third-order valence-corrected chi connectivity index (χ3v) is 5.74. The van der Waals surface area contributed by atoms with Crippen LogP contribution >= 0.6 is 0 Å². The van der Waals surface area contributed by atoms with Crippen molar-refractivity contribution in [3.63, 3.8) is 0 Å². The first-order chi connectivity index (χ1) is 15.3. The van der Waals surface area contributed by atoms with Crippen molar-refractivity contribution in [3.8, 4) is 6.07 Å². The van der Waals surface area contributed by atoms with Crippen LogP contribution in [0, 0.1) is 11.3 Å². The molecule has 0 amide bonds. The molecule has 31 heavy (non-hydrogen) atoms. The van der Waals surface area contributed by atoms with E-state index in [1.807, 2.05) is 30.3 Å². The fourth-order valence-electron chi connectivity index (χ4n) is 4.04. The Kier molecular flexibility index (Phi) is 5.12. The Hall–Kier alpha value is -4.04. The van der Waals surface area contributed by atoms with Crippen LogP contribution in [0.15, 0.2) is 78.9 Å². The molecule has 5 heteroatoms. The Labute approximate surface area is 181 Å². The Morgan fingerprint density at radius 2 is 1.42 bits per heavy atom. The molecule has 0 bridgehead atoms. The quantitative estimate of drug-likeness (QED) is 0.488. The molecule has 0 spiro atoms. The topological polar surface area (TPSA) is 59.0 Å². The predicted octanol–water partition coefficient (Wildman–Crippen LogP) is 4.95. The van der Waals surface area contributed by atoms with Gasteiger partial charge in [0, 0.05) is 37.6 Å². The van der Waals surface area contributed by atoms with E-state index in [1.54, 1.807) is 0 Å². The minimum absolute atomic E-state index is 0.528. The van der Waals surface area contributed by atoms with Crippen molar-refractivity contribution in [1.29, 1.82) is 5.26 Å². The number of piperazine rings is 1. The molecule has 5 nitrogen and oxygen atoms in total. The van der Waals surface area contributed by atoms with E-state index in [-0.39, 0.29) is 0 Å². The third kappa shape index (κ3) is 4.01. The molecule has 3 aromatic carbocycles. The van der Waals surface area contributed by atoms with Crippen LogP contribution < -0.4 is 9.80 Å². The summed E-state index contributed by atoms with van der Waals surface area (Å²) in [5.41, 5.74) is 5.82. The number of hydrogen-bond donors (Lipinski definition) is 1. The monoisotopic (exact) mass is 405 g/mol. The number of anilines is 2. The summed E-state index contributed by atoms with van der Waals surface area (Å²) in [6.45, 7) is 4.01. The number of imidazole rings is 1. The Balaban J connectivity index is 1.29. The van der Waals surface area contributed by atoms with Crippen molar-refractivity contribution in [3.05, 3.63) is 90.3 Å². The second-order valence-electron chi connectivity index (χ2n) is 7.67. The lowest BCUT2D eigenvalue weighted by Gasteiger charge is -2.37. The number of aromatic nitrogens is 2. The van der Waals surface area contributed by atoms with E-state index in [4.69, 9.17) is 0 Å². The van der Waals surface area contributed by atoms with E-state index in [0.29, 0.717) is 11.4 Å². The van der Waals surface area contributed by atoms with Crippen LogP contribution in [0.4, 0.5) is 11.4 Å². The largest absolute Gasteiger partial charge is 0.368 e. The van der Waals surface area contributed by atoms with E-state index >= 15 is 0 Å². The van der Waals surface area contributed by atoms with Crippen LogP contribution in [-0.2, 0) is 0 Å². The van der Waals surface area contributed by atoms with Crippen LogP contribution in [0.3, 0.4) is 0 Å². The molecule has 1 aromatic heterocycles. The van der Waals surface area contributed by atoms with Crippen molar-refractivity contribution in [2.45, 2.75) is 0 Å². The first-order valence-corrected chi connectivity index (χ1v) is 10.5. The van der Waals surface area contributed by atoms with Crippen molar-refractivity contribution < 1.29 is 0 Å². The van der Waals surface area contributed by atoms with Crippen molar-refractivity contribution in [2.75, 3.05) is 36.0 Å². The fourth-order valence-corrected chi connectivity index (χ4v) is 4.04. The van der Waals surface area contributed by atoms with E-state index in [2.05, 4.69) is 80.4 Å². The summed E-state index contributed by atoms with van der Waals surface area (Å²) in [5, 5.41) is 9.65. The van der Waals surface area contributed by atoms with E-state index in [9.17, 15) is 5.26 Å². The van der Waals surface area contributed by atoms with E-state index < -0.39 is 0 Å². The first kappa shape index (κ1) is 19.0. The maximum Gasteiger partial charge on any atom is 0.149 e. The molecule has 0 unspecified atom stereocenters. The zero-order valence-corrected chi connectivity index (χ0v) is 17.2. The number of fused-ring (bicyclic) bond motifs is 1. The highest BCUT2D eigenvalue weighted by molar-refractivity contribution is 5.90. The molecule has 1 N–H and O–H groups in total. The van der Waals surface area contributed by atoms with Crippen LogP contribution in [0.1, 0.15) is 11.4 Å². The maximum absolute atomic E-state index is 9.65. The third-order valence-electron chi connectivity index (χ3n) is 5.74. The molecule has 0 atom stereocenters. The molecule has 1 aliphatic rings. The molecule has 152 valence electrons. The van der Waals surface area contributed by atoms with Crippen LogP contribution in [0.25, 0.3) is 22.7 Å². The summed E-state index contributed by atoms with van der Waals surface area (Å²) >= 11 is 0. The standard InChI is InChI=1S/C26H23N5/c27-19-21(26-28-24-8-4-5-9-25(24)29-26)18-20-10-12-23(13-11-20)31-16-14-30(15-17-31)22-6-2-1-3-7-22/h1-13,18H,14-17H2,(H,28,29)/b21-18+. The van der Waals surface area contributed by atoms with Gasteiger partial charge in [-0.2, -0.15) is 5.26 Å². The maximum atomic E-state index is 9.65. The number of benzene rings is 3. The number of nitrogens with zero attached hydrogens (tertiary/aromatic N) is 4. The van der Waals surface area contributed by atoms with Gasteiger partial charge in [0.05, 0.1) is 16.6 Å². The second kappa shape index (κ2) is 8.37. The summed E-state index contributed by atoms with van der Waals surface area (Å²) in [4.78, 5) is 12.6. The summed E-state index contributed by atoms with van der Waals surface area (Å²) < 4.78 is 0. The van der Waals surface area contributed by atoms with Crippen LogP contribution in [0.2, 0.25) is 0 Å². The van der Waals surface area contributed by atoms with Gasteiger partial charge in [-0.15, -0.1) is 0 Å². The molecule has 1 aliphatic heterocycles. The Morgan fingerprint density at radius 1 is 0.806 bits per heavy atom. The number of rotatable bonds is 4. The normalized spacial score (nSPS) is 14.6. The first-order valence-electron chi connectivity index (χ1n) is 10.5. The summed E-state index contributed by atoms with van der Waals surface area (Å²) in [7, 11) is 0. The SMILES string of the molecule is N#C/C(=C\c1ccc(N2CCN(c3ccccc3)CC2)cc1)c1nc2ccccc2[nH]1. The molecule has 1 saturated heterocycles. The van der Waals surface area contributed by atoms with Crippen molar-refractivity contribution in [1.82, 2.24) is 9.97 Å². The zero-order valence-electron chi connectivity index (χ0n) is 17.2. The van der Waals surface area contributed by atoms with Crippen LogP contribution in [-0.4, -0.2) is 36.1 Å². The average Bonchev–Trinajstić information content (AvgIpc) is 3.28. The van der Waals surface area contributed by atoms with Gasteiger partial charge >= 0.3 is 0 Å². The summed E-state index contributed by atoms with van der Waals surface area (Å²) in [6.07, 6.45) is 1.88. The van der Waals surface area contributed by atoms with Gasteiger partial charge in [-0.25, -0.2) is 4.98 Å². The fraction of sp³-hybridized carbons (Fsp3) is 0.154. The number of nitrogens with one attached hydrogen (secondary N) is 1. The minimum Gasteiger partial charge on any atom is -0.368 e. The van der Waals surface area contributed by atoms with Gasteiger partial charge in [0.15, 0.2) is 0 Å². The van der Waals surface area contributed by atoms with Crippen LogP contribution in [0.5, 0.6) is 0 Å². The summed E-state index contributed by atoms with van der Waals surface area (Å²) in [5.74, 6) is 0.602. The molecule has 0 radical (unpaired) electrons. The second-order valence-corrected chi connectivity index (χ2v) is 7.67. The predicted molar refractivity (Wildman–Crippen MR) is 127 cm³/mol. The number of hydrogen-bond acceptors (Lipinski definition) is 4. The number of allylic oxidation sites excluding steroid dienone is 1. The molecular weight excluding hydrogens is 382 g/mol. The van der Waals surface area contributed by atoms with Gasteiger partial charge in [-0.1, -0.05) is 42.5 Å². The van der Waals surface area contributed by atoms with Gasteiger partial charge in [-0.3, -0.25) is 0 Å². The van der Waals surface area contributed by atoms with Gasteiger partial charge < -0.3 is 14.8 Å². The average molecular weight is 406 g/mol. The minimum atomic E-state index is 0.528. The molecule has 2 heterocycles. The summed E-state index contributed by atoms with van der Waals surface area (Å²) in [6, 6.07) is 29.1. The van der Waals surface area contributed by atoms with Crippen molar-refractivity contribution >= 4 is 34.1 Å². The number of para-hydroxylation sites is 3. The molecule has 4 aromatic rings. The highest BCUT2D eigenvalue weighted by atomic mass is 15.3. The number of nitriles is 1. The van der Waals surface area contributed by atoms with Crippen molar-refractivity contribution in [2.24, 2.45) is 0 Å². The molecule has 0 saturated carbocycles. The molecule has 5 rings (SSSR count). The Bertz CT molecular complexity index is 1210. The lowest BCUT2D eigenvalue weighted by atomic mass is 10.1. The smallest absolute Gasteiger partial charge is 0.149 e. The number of aromatic amines is 1. The molecule has 0 aliphatic carbocycles. The molecule has 1 fully saturated rings. The van der Waals surface area contributed by atoms with E-state index in [1.165, 1.54) is 11.4 Å². The van der Waals surface area contributed by atoms with Gasteiger partial charge in [0.25, 0.3) is 0 Å². The number of H-pyrrole nitrogens is 1. The van der Waals surface area contributed by atoms with Gasteiger partial charge in [0.2, 0.25) is 0 Å². The lowest BCUT2D eigenvalue weighted by molar-refractivity contribution is 0.653.